The molecular weight excluding hydrogens is 250 g/mol. The summed E-state index contributed by atoms with van der Waals surface area (Å²) in [5.41, 5.74) is 6.85. The van der Waals surface area contributed by atoms with Gasteiger partial charge in [0.25, 0.3) is 0 Å². The largest absolute Gasteiger partial charge is 0.397 e. The first-order valence-corrected chi connectivity index (χ1v) is 6.40. The molecule has 0 atom stereocenters. The Morgan fingerprint density at radius 1 is 1.50 bits per heavy atom. The lowest BCUT2D eigenvalue weighted by atomic mass is 10.2. The molecule has 0 aliphatic heterocycles. The van der Waals surface area contributed by atoms with Gasteiger partial charge in [-0.3, -0.25) is 9.69 Å². The Hall–Kier alpha value is -1.26. The van der Waals surface area contributed by atoms with Crippen LogP contribution in [-0.4, -0.2) is 29.9 Å². The van der Waals surface area contributed by atoms with Crippen molar-refractivity contribution in [3.63, 3.8) is 0 Å². The van der Waals surface area contributed by atoms with Crippen LogP contribution < -0.4 is 11.1 Å². The first-order valence-electron chi connectivity index (χ1n) is 6.03. The van der Waals surface area contributed by atoms with E-state index < -0.39 is 0 Å². The van der Waals surface area contributed by atoms with Gasteiger partial charge < -0.3 is 11.1 Å². The Morgan fingerprint density at radius 3 is 2.72 bits per heavy atom. The molecule has 1 aromatic rings. The number of nitrogens with one attached hydrogen (secondary N) is 1. The molecule has 5 heteroatoms. The number of benzene rings is 1. The van der Waals surface area contributed by atoms with E-state index >= 15 is 0 Å². The van der Waals surface area contributed by atoms with Crippen molar-refractivity contribution in [3.8, 4) is 0 Å². The van der Waals surface area contributed by atoms with Gasteiger partial charge in [0.15, 0.2) is 0 Å². The molecule has 0 fully saturated rings. The predicted octanol–water partition coefficient (Wildman–Crippen LogP) is 2.59. The monoisotopic (exact) mass is 269 g/mol. The third kappa shape index (κ3) is 4.20. The average Bonchev–Trinajstić information content (AvgIpc) is 2.30. The van der Waals surface area contributed by atoms with Gasteiger partial charge in [-0.05, 0) is 38.6 Å². The van der Waals surface area contributed by atoms with E-state index in [9.17, 15) is 4.79 Å². The normalized spacial score (nSPS) is 11.0. The maximum Gasteiger partial charge on any atom is 0.238 e. The summed E-state index contributed by atoms with van der Waals surface area (Å²) >= 11 is 5.87. The van der Waals surface area contributed by atoms with Gasteiger partial charge in [-0.15, -0.1) is 0 Å². The fourth-order valence-electron chi connectivity index (χ4n) is 1.67. The van der Waals surface area contributed by atoms with Crippen molar-refractivity contribution in [2.45, 2.75) is 26.8 Å². The quantitative estimate of drug-likeness (QED) is 0.808. The Balaban J connectivity index is 2.67. The molecule has 0 heterocycles. The number of carbonyl (C=O) groups excluding carboxylic acids is 1. The summed E-state index contributed by atoms with van der Waals surface area (Å²) in [7, 11) is 0. The third-order valence-electron chi connectivity index (χ3n) is 2.77. The minimum absolute atomic E-state index is 0.0838. The Kier molecular flexibility index (Phi) is 5.44. The van der Waals surface area contributed by atoms with E-state index in [1.54, 1.807) is 18.2 Å². The van der Waals surface area contributed by atoms with Crippen LogP contribution >= 0.6 is 11.6 Å². The van der Waals surface area contributed by atoms with Crippen LogP contribution in [0.4, 0.5) is 11.4 Å². The molecule has 100 valence electrons. The molecule has 4 nitrogen and oxygen atoms in total. The number of hydrogen-bond donors (Lipinski definition) is 2. The second kappa shape index (κ2) is 6.61. The van der Waals surface area contributed by atoms with E-state index in [1.807, 2.05) is 6.92 Å². The molecule has 0 unspecified atom stereocenters. The molecule has 0 saturated heterocycles. The second-order valence-corrected chi connectivity index (χ2v) is 4.87. The van der Waals surface area contributed by atoms with Crippen molar-refractivity contribution in [2.24, 2.45) is 0 Å². The molecule has 0 aliphatic rings. The molecule has 0 aliphatic carbocycles. The summed E-state index contributed by atoms with van der Waals surface area (Å²) in [6, 6.07) is 5.36. The molecule has 1 amide bonds. The van der Waals surface area contributed by atoms with Crippen molar-refractivity contribution >= 4 is 28.9 Å². The number of likely N-dealkylation sites (N-methyl/N-ethyl adjacent to an activating group) is 1. The zero-order valence-electron chi connectivity index (χ0n) is 11.0. The summed E-state index contributed by atoms with van der Waals surface area (Å²) in [5.74, 6) is -0.0838. The molecule has 0 radical (unpaired) electrons. The lowest BCUT2D eigenvalue weighted by molar-refractivity contribution is -0.117. The Bertz CT molecular complexity index is 421. The number of halogens is 1. The fraction of sp³-hybridized carbons (Fsp3) is 0.462. The SMILES string of the molecule is CCN(CC(=O)Nc1cc(Cl)ccc1N)C(C)C. The topological polar surface area (TPSA) is 58.4 Å². The van der Waals surface area contributed by atoms with Gasteiger partial charge >= 0.3 is 0 Å². The zero-order chi connectivity index (χ0) is 13.7. The van der Waals surface area contributed by atoms with Gasteiger partial charge in [0.2, 0.25) is 5.91 Å². The number of nitrogen functional groups attached to an aromatic ring is 1. The van der Waals surface area contributed by atoms with E-state index in [1.165, 1.54) is 0 Å². The number of anilines is 2. The van der Waals surface area contributed by atoms with Crippen molar-refractivity contribution < 1.29 is 4.79 Å². The lowest BCUT2D eigenvalue weighted by Crippen LogP contribution is -2.37. The predicted molar refractivity (Wildman–Crippen MR) is 76.9 cm³/mol. The van der Waals surface area contributed by atoms with E-state index in [0.29, 0.717) is 29.0 Å². The Labute approximate surface area is 113 Å². The van der Waals surface area contributed by atoms with Crippen molar-refractivity contribution in [3.05, 3.63) is 23.2 Å². The van der Waals surface area contributed by atoms with Gasteiger partial charge in [0, 0.05) is 11.1 Å². The smallest absolute Gasteiger partial charge is 0.238 e. The highest BCUT2D eigenvalue weighted by atomic mass is 35.5. The van der Waals surface area contributed by atoms with E-state index in [-0.39, 0.29) is 5.91 Å². The third-order valence-corrected chi connectivity index (χ3v) is 3.01. The first kappa shape index (κ1) is 14.8. The molecule has 0 saturated carbocycles. The number of nitrogens with two attached hydrogens (primary N) is 1. The number of amides is 1. The summed E-state index contributed by atoms with van der Waals surface area (Å²) in [6.07, 6.45) is 0. The second-order valence-electron chi connectivity index (χ2n) is 4.44. The van der Waals surface area contributed by atoms with Crippen LogP contribution in [0.3, 0.4) is 0 Å². The molecule has 1 rings (SSSR count). The van der Waals surface area contributed by atoms with E-state index in [0.717, 1.165) is 6.54 Å². The molecule has 0 bridgehead atoms. The highest BCUT2D eigenvalue weighted by Gasteiger charge is 2.13. The minimum Gasteiger partial charge on any atom is -0.397 e. The van der Waals surface area contributed by atoms with Crippen molar-refractivity contribution in [2.75, 3.05) is 24.1 Å². The van der Waals surface area contributed by atoms with Crippen LogP contribution in [0.25, 0.3) is 0 Å². The molecule has 18 heavy (non-hydrogen) atoms. The molecule has 0 aromatic heterocycles. The van der Waals surface area contributed by atoms with Crippen LogP contribution in [-0.2, 0) is 4.79 Å². The maximum atomic E-state index is 11.9. The van der Waals surface area contributed by atoms with Crippen LogP contribution in [0.15, 0.2) is 18.2 Å². The summed E-state index contributed by atoms with van der Waals surface area (Å²) < 4.78 is 0. The maximum absolute atomic E-state index is 11.9. The average molecular weight is 270 g/mol. The van der Waals surface area contributed by atoms with Crippen molar-refractivity contribution in [1.82, 2.24) is 4.90 Å². The van der Waals surface area contributed by atoms with Crippen LogP contribution in [0.1, 0.15) is 20.8 Å². The van der Waals surface area contributed by atoms with Gasteiger partial charge in [0.05, 0.1) is 17.9 Å². The van der Waals surface area contributed by atoms with Gasteiger partial charge in [0.1, 0.15) is 0 Å². The first-order chi connectivity index (χ1) is 8.43. The zero-order valence-corrected chi connectivity index (χ0v) is 11.8. The van der Waals surface area contributed by atoms with E-state index in [2.05, 4.69) is 24.1 Å². The van der Waals surface area contributed by atoms with Crippen LogP contribution in [0.2, 0.25) is 5.02 Å². The van der Waals surface area contributed by atoms with Crippen LogP contribution in [0, 0.1) is 0 Å². The molecule has 3 N–H and O–H groups in total. The van der Waals surface area contributed by atoms with Crippen LogP contribution in [0.5, 0.6) is 0 Å². The van der Waals surface area contributed by atoms with Gasteiger partial charge in [-0.2, -0.15) is 0 Å². The van der Waals surface area contributed by atoms with Gasteiger partial charge in [-0.25, -0.2) is 0 Å². The highest BCUT2D eigenvalue weighted by molar-refractivity contribution is 6.31. The molecular formula is C13H20ClN3O. The number of carbonyl (C=O) groups is 1. The minimum atomic E-state index is -0.0838. The lowest BCUT2D eigenvalue weighted by Gasteiger charge is -2.24. The van der Waals surface area contributed by atoms with Crippen molar-refractivity contribution in [1.29, 1.82) is 0 Å². The summed E-state index contributed by atoms with van der Waals surface area (Å²) in [6.45, 7) is 7.33. The number of rotatable bonds is 5. The summed E-state index contributed by atoms with van der Waals surface area (Å²) in [4.78, 5) is 14.0. The van der Waals surface area contributed by atoms with E-state index in [4.69, 9.17) is 17.3 Å². The number of nitrogens with zero attached hydrogens (tertiary/aromatic N) is 1. The number of hydrogen-bond acceptors (Lipinski definition) is 3. The highest BCUT2D eigenvalue weighted by Crippen LogP contribution is 2.22. The fourth-order valence-corrected chi connectivity index (χ4v) is 1.84. The summed E-state index contributed by atoms with van der Waals surface area (Å²) in [5, 5.41) is 3.33. The molecule has 0 spiro atoms. The Morgan fingerprint density at radius 2 is 2.17 bits per heavy atom. The standard InChI is InChI=1S/C13H20ClN3O/c1-4-17(9(2)3)8-13(18)16-12-7-10(14)5-6-11(12)15/h5-7,9H,4,8,15H2,1-3H3,(H,16,18). The van der Waals surface area contributed by atoms with Gasteiger partial charge in [-0.1, -0.05) is 18.5 Å². The molecule has 1 aromatic carbocycles.